The Morgan fingerprint density at radius 2 is 1.88 bits per heavy atom. The summed E-state index contributed by atoms with van der Waals surface area (Å²) in [6.07, 6.45) is 5.17. The number of rotatable bonds is 10. The van der Waals surface area contributed by atoms with Crippen molar-refractivity contribution in [3.63, 3.8) is 0 Å². The zero-order valence-electron chi connectivity index (χ0n) is 11.0. The van der Waals surface area contributed by atoms with Crippen LogP contribution in [0.4, 0.5) is 0 Å². The van der Waals surface area contributed by atoms with Gasteiger partial charge in [0.2, 0.25) is 10.0 Å². The van der Waals surface area contributed by atoms with E-state index in [1.54, 1.807) is 0 Å². The first-order chi connectivity index (χ1) is 7.99. The van der Waals surface area contributed by atoms with Crippen LogP contribution in [-0.4, -0.2) is 33.3 Å². The van der Waals surface area contributed by atoms with E-state index in [-0.39, 0.29) is 5.75 Å². The second kappa shape index (κ2) is 7.34. The van der Waals surface area contributed by atoms with Crippen molar-refractivity contribution in [2.45, 2.75) is 52.0 Å². The summed E-state index contributed by atoms with van der Waals surface area (Å²) < 4.78 is 25.8. The van der Waals surface area contributed by atoms with Gasteiger partial charge in [-0.25, -0.2) is 13.1 Å². The standard InChI is InChI=1S/C12H26N2O2S/c1-11(2)7-9-14-17(15,16)10-4-3-8-13-12-5-6-12/h11-14H,3-10H2,1-2H3. The Labute approximate surface area is 106 Å². The molecule has 0 radical (unpaired) electrons. The Balaban J connectivity index is 1.98. The molecule has 1 saturated carbocycles. The van der Waals surface area contributed by atoms with Gasteiger partial charge < -0.3 is 5.32 Å². The van der Waals surface area contributed by atoms with E-state index < -0.39 is 10.0 Å². The summed E-state index contributed by atoms with van der Waals surface area (Å²) in [6.45, 7) is 5.71. The van der Waals surface area contributed by atoms with Gasteiger partial charge in [-0.1, -0.05) is 13.8 Å². The molecule has 0 atom stereocenters. The lowest BCUT2D eigenvalue weighted by Crippen LogP contribution is -2.28. The zero-order valence-corrected chi connectivity index (χ0v) is 11.9. The maximum absolute atomic E-state index is 11.6. The molecular weight excluding hydrogens is 236 g/mol. The van der Waals surface area contributed by atoms with Crippen LogP contribution in [0.15, 0.2) is 0 Å². The Morgan fingerprint density at radius 3 is 2.47 bits per heavy atom. The van der Waals surface area contributed by atoms with Crippen molar-refractivity contribution in [2.24, 2.45) is 5.92 Å². The van der Waals surface area contributed by atoms with Crippen LogP contribution < -0.4 is 10.0 Å². The molecule has 1 fully saturated rings. The van der Waals surface area contributed by atoms with Crippen LogP contribution in [-0.2, 0) is 10.0 Å². The number of hydrogen-bond acceptors (Lipinski definition) is 3. The van der Waals surface area contributed by atoms with E-state index >= 15 is 0 Å². The van der Waals surface area contributed by atoms with E-state index in [1.165, 1.54) is 12.8 Å². The lowest BCUT2D eigenvalue weighted by atomic mass is 10.1. The topological polar surface area (TPSA) is 58.2 Å². The highest BCUT2D eigenvalue weighted by Gasteiger charge is 2.19. The van der Waals surface area contributed by atoms with Crippen molar-refractivity contribution in [1.29, 1.82) is 0 Å². The van der Waals surface area contributed by atoms with Gasteiger partial charge >= 0.3 is 0 Å². The van der Waals surface area contributed by atoms with Crippen molar-refractivity contribution in [3.8, 4) is 0 Å². The molecule has 0 bridgehead atoms. The molecule has 1 rings (SSSR count). The van der Waals surface area contributed by atoms with Crippen molar-refractivity contribution in [2.75, 3.05) is 18.8 Å². The van der Waals surface area contributed by atoms with E-state index in [0.29, 0.717) is 12.5 Å². The molecular formula is C12H26N2O2S. The number of sulfonamides is 1. The lowest BCUT2D eigenvalue weighted by molar-refractivity contribution is 0.548. The second-order valence-corrected chi connectivity index (χ2v) is 7.26. The summed E-state index contributed by atoms with van der Waals surface area (Å²) >= 11 is 0. The van der Waals surface area contributed by atoms with Gasteiger partial charge in [-0.2, -0.15) is 0 Å². The van der Waals surface area contributed by atoms with Crippen LogP contribution >= 0.6 is 0 Å². The van der Waals surface area contributed by atoms with Gasteiger partial charge in [0.25, 0.3) is 0 Å². The number of unbranched alkanes of at least 4 members (excludes halogenated alkanes) is 1. The SMILES string of the molecule is CC(C)CCNS(=O)(=O)CCCCNC1CC1. The maximum Gasteiger partial charge on any atom is 0.211 e. The zero-order chi connectivity index (χ0) is 12.7. The van der Waals surface area contributed by atoms with Gasteiger partial charge in [0.05, 0.1) is 5.75 Å². The van der Waals surface area contributed by atoms with Crippen molar-refractivity contribution in [1.82, 2.24) is 10.0 Å². The maximum atomic E-state index is 11.6. The van der Waals surface area contributed by atoms with Crippen LogP contribution in [0.25, 0.3) is 0 Å². The van der Waals surface area contributed by atoms with Crippen LogP contribution in [0.5, 0.6) is 0 Å². The van der Waals surface area contributed by atoms with Crippen molar-refractivity contribution >= 4 is 10.0 Å². The predicted octanol–water partition coefficient (Wildman–Crippen LogP) is 1.48. The summed E-state index contributed by atoms with van der Waals surface area (Å²) in [5.41, 5.74) is 0. The summed E-state index contributed by atoms with van der Waals surface area (Å²) in [5.74, 6) is 0.803. The normalized spacial score (nSPS) is 16.6. The fourth-order valence-corrected chi connectivity index (χ4v) is 2.74. The molecule has 2 N–H and O–H groups in total. The molecule has 0 aromatic carbocycles. The molecule has 5 heteroatoms. The Kier molecular flexibility index (Phi) is 6.44. The monoisotopic (exact) mass is 262 g/mol. The molecule has 1 aliphatic rings. The second-order valence-electron chi connectivity index (χ2n) is 5.33. The quantitative estimate of drug-likeness (QED) is 0.586. The van der Waals surface area contributed by atoms with Gasteiger partial charge in [-0.3, -0.25) is 0 Å². The minimum Gasteiger partial charge on any atom is -0.314 e. The first-order valence-corrected chi connectivity index (χ1v) is 8.35. The smallest absolute Gasteiger partial charge is 0.211 e. The first-order valence-electron chi connectivity index (χ1n) is 6.70. The molecule has 102 valence electrons. The molecule has 0 heterocycles. The average Bonchev–Trinajstić information content (AvgIpc) is 3.00. The summed E-state index contributed by atoms with van der Waals surface area (Å²) in [5, 5.41) is 3.39. The van der Waals surface area contributed by atoms with E-state index in [1.807, 2.05) is 0 Å². The third kappa shape index (κ3) is 8.57. The molecule has 17 heavy (non-hydrogen) atoms. The predicted molar refractivity (Wildman–Crippen MR) is 71.5 cm³/mol. The highest BCUT2D eigenvalue weighted by Crippen LogP contribution is 2.18. The van der Waals surface area contributed by atoms with Crippen molar-refractivity contribution < 1.29 is 8.42 Å². The Morgan fingerprint density at radius 1 is 1.18 bits per heavy atom. The van der Waals surface area contributed by atoms with Crippen LogP contribution in [0.2, 0.25) is 0 Å². The summed E-state index contributed by atoms with van der Waals surface area (Å²) in [7, 11) is -3.04. The van der Waals surface area contributed by atoms with E-state index in [9.17, 15) is 8.42 Å². The van der Waals surface area contributed by atoms with Gasteiger partial charge in [0, 0.05) is 12.6 Å². The van der Waals surface area contributed by atoms with E-state index in [2.05, 4.69) is 23.9 Å². The van der Waals surface area contributed by atoms with E-state index in [0.717, 1.165) is 31.8 Å². The van der Waals surface area contributed by atoms with Crippen molar-refractivity contribution in [3.05, 3.63) is 0 Å². The minimum absolute atomic E-state index is 0.261. The summed E-state index contributed by atoms with van der Waals surface area (Å²) in [4.78, 5) is 0. The first kappa shape index (κ1) is 14.9. The van der Waals surface area contributed by atoms with Gasteiger partial charge in [0.1, 0.15) is 0 Å². The van der Waals surface area contributed by atoms with Gasteiger partial charge in [-0.05, 0) is 44.6 Å². The molecule has 0 aromatic heterocycles. The minimum atomic E-state index is -3.04. The molecule has 0 aromatic rings. The highest BCUT2D eigenvalue weighted by atomic mass is 32.2. The third-order valence-corrected chi connectivity index (χ3v) is 4.36. The fraction of sp³-hybridized carbons (Fsp3) is 1.00. The Bertz CT molecular complexity index is 298. The molecule has 0 aliphatic heterocycles. The molecule has 1 aliphatic carbocycles. The molecule has 0 spiro atoms. The molecule has 0 unspecified atom stereocenters. The van der Waals surface area contributed by atoms with Crippen LogP contribution in [0, 0.1) is 5.92 Å². The van der Waals surface area contributed by atoms with Gasteiger partial charge in [0.15, 0.2) is 0 Å². The third-order valence-electron chi connectivity index (χ3n) is 2.89. The molecule has 0 amide bonds. The molecule has 4 nitrogen and oxygen atoms in total. The Hall–Kier alpha value is -0.130. The molecule has 0 saturated heterocycles. The van der Waals surface area contributed by atoms with Gasteiger partial charge in [-0.15, -0.1) is 0 Å². The fourth-order valence-electron chi connectivity index (χ4n) is 1.59. The number of nitrogens with one attached hydrogen (secondary N) is 2. The lowest BCUT2D eigenvalue weighted by Gasteiger charge is -2.08. The van der Waals surface area contributed by atoms with Crippen LogP contribution in [0.1, 0.15) is 46.0 Å². The largest absolute Gasteiger partial charge is 0.314 e. The van der Waals surface area contributed by atoms with E-state index in [4.69, 9.17) is 0 Å². The summed E-state index contributed by atoms with van der Waals surface area (Å²) in [6, 6.07) is 0.718. The number of hydrogen-bond donors (Lipinski definition) is 2. The van der Waals surface area contributed by atoms with Crippen LogP contribution in [0.3, 0.4) is 0 Å². The highest BCUT2D eigenvalue weighted by molar-refractivity contribution is 7.89. The average molecular weight is 262 g/mol.